The molecule has 0 saturated carbocycles. The van der Waals surface area contributed by atoms with Crippen LogP contribution in [-0.2, 0) is 71.2 Å². The highest BCUT2D eigenvalue weighted by Gasteiger charge is 2.30. The summed E-state index contributed by atoms with van der Waals surface area (Å²) in [7, 11) is 2.82. The van der Waals surface area contributed by atoms with Crippen LogP contribution >= 0.6 is 0 Å². The number of sulfonamides is 2. The van der Waals surface area contributed by atoms with Gasteiger partial charge in [0.25, 0.3) is 0 Å². The quantitative estimate of drug-likeness (QED) is 0.0207. The zero-order valence-corrected chi connectivity index (χ0v) is 81.0. The summed E-state index contributed by atoms with van der Waals surface area (Å²) in [5, 5.41) is 39.6. The van der Waals surface area contributed by atoms with Gasteiger partial charge in [0.15, 0.2) is 11.6 Å². The van der Waals surface area contributed by atoms with Crippen LogP contribution in [0.2, 0.25) is 0 Å². The number of pyridine rings is 1. The lowest BCUT2D eigenvalue weighted by atomic mass is 10.1. The fourth-order valence-corrected chi connectivity index (χ4v) is 18.0. The molecule has 0 amide bonds. The summed E-state index contributed by atoms with van der Waals surface area (Å²) in [5.74, 6) is 9.00. The minimum atomic E-state index is -3.44. The van der Waals surface area contributed by atoms with Gasteiger partial charge in [0.05, 0.1) is 134 Å². The number of methoxy groups -OCH3 is 4. The molecule has 12 aromatic rings. The molecule has 0 radical (unpaired) electrons. The number of aromatic nitrogens is 9. The van der Waals surface area contributed by atoms with Crippen LogP contribution < -0.4 is 111 Å². The maximum atomic E-state index is 13.7. The maximum Gasteiger partial charge on any atom is 0.232 e. The van der Waals surface area contributed by atoms with Crippen LogP contribution in [-0.4, -0.2) is 248 Å². The molecule has 13 heterocycles. The van der Waals surface area contributed by atoms with Crippen molar-refractivity contribution in [2.75, 3.05) is 278 Å². The first-order valence-corrected chi connectivity index (χ1v) is 49.8. The van der Waals surface area contributed by atoms with Crippen molar-refractivity contribution >= 4 is 164 Å². The zero-order chi connectivity index (χ0) is 97.4. The molecule has 12 N–H and O–H groups in total. The molecule has 20 rings (SSSR count). The summed E-state index contributed by atoms with van der Waals surface area (Å²) in [5.41, 5.74) is 15.2. The molecule has 8 aliphatic heterocycles. The molecular weight excluding hydrogens is 1840 g/mol. The molecule has 736 valence electrons. The molecule has 0 aliphatic carbocycles. The van der Waals surface area contributed by atoms with Crippen molar-refractivity contribution in [3.8, 4) is 23.0 Å². The van der Waals surface area contributed by atoms with E-state index < -0.39 is 31.7 Å². The molecule has 0 spiro atoms. The Bertz CT molecular complexity index is 6660. The first-order valence-electron chi connectivity index (χ1n) is 46.2. The number of ether oxygens (including phenoxy) is 8. The highest BCUT2D eigenvalue weighted by Crippen LogP contribution is 2.43. The van der Waals surface area contributed by atoms with Crippen LogP contribution in [0, 0.1) is 18.6 Å². The van der Waals surface area contributed by atoms with Gasteiger partial charge in [-0.3, -0.25) is 8.61 Å². The second-order valence-electron chi connectivity index (χ2n) is 33.7. The van der Waals surface area contributed by atoms with Crippen molar-refractivity contribution in [3.63, 3.8) is 0 Å². The number of halogens is 2. The van der Waals surface area contributed by atoms with E-state index in [2.05, 4.69) is 125 Å². The molecule has 0 unspecified atom stereocenters. The van der Waals surface area contributed by atoms with Crippen molar-refractivity contribution in [2.24, 2.45) is 0 Å². The van der Waals surface area contributed by atoms with Crippen molar-refractivity contribution in [1.82, 2.24) is 44.9 Å². The van der Waals surface area contributed by atoms with Crippen molar-refractivity contribution in [3.05, 3.63) is 203 Å². The molecular formula is C97H115F2N27O12S2. The van der Waals surface area contributed by atoms with Crippen molar-refractivity contribution in [2.45, 2.75) is 39.2 Å². The number of benzene rings is 7. The minimum Gasteiger partial charge on any atom is -0.494 e. The third-order valence-corrected chi connectivity index (χ3v) is 26.9. The molecule has 140 heavy (non-hydrogen) atoms. The average molecular weight is 1950 g/mol. The fourth-order valence-electron chi connectivity index (χ4n) is 17.0. The number of rotatable bonds is 29. The van der Waals surface area contributed by atoms with E-state index in [1.165, 1.54) is 34.2 Å². The summed E-state index contributed by atoms with van der Waals surface area (Å²) < 4.78 is 123. The largest absolute Gasteiger partial charge is 0.494 e. The molecule has 43 heteroatoms. The summed E-state index contributed by atoms with van der Waals surface area (Å²) in [6.07, 6.45) is 5.50. The number of nitrogens with zero attached hydrogens (tertiary/aromatic N) is 15. The van der Waals surface area contributed by atoms with Gasteiger partial charge >= 0.3 is 0 Å². The Morgan fingerprint density at radius 1 is 0.364 bits per heavy atom. The van der Waals surface area contributed by atoms with E-state index in [9.17, 15) is 25.6 Å². The predicted molar refractivity (Wildman–Crippen MR) is 546 cm³/mol. The highest BCUT2D eigenvalue weighted by atomic mass is 32.2. The summed E-state index contributed by atoms with van der Waals surface area (Å²) in [4.78, 5) is 51.1. The first kappa shape index (κ1) is 96.9. The van der Waals surface area contributed by atoms with Crippen LogP contribution in [0.5, 0.6) is 23.0 Å². The van der Waals surface area contributed by atoms with Gasteiger partial charge in [0.2, 0.25) is 43.8 Å². The summed E-state index contributed by atoms with van der Waals surface area (Å²) >= 11 is 0. The smallest absolute Gasteiger partial charge is 0.232 e. The Morgan fingerprint density at radius 2 is 0.714 bits per heavy atom. The lowest BCUT2D eigenvalue weighted by Crippen LogP contribution is -2.36. The monoisotopic (exact) mass is 1950 g/mol. The normalized spacial score (nSPS) is 15.1. The summed E-state index contributed by atoms with van der Waals surface area (Å²) in [6.45, 7) is 17.9. The molecule has 4 saturated heterocycles. The summed E-state index contributed by atoms with van der Waals surface area (Å²) in [6, 6.07) is 48.2. The fraction of sp³-hybridized carbons (Fsp3) is 0.351. The molecule has 0 atom stereocenters. The van der Waals surface area contributed by atoms with Crippen LogP contribution in [0.25, 0.3) is 0 Å². The first-order chi connectivity index (χ1) is 68.0. The number of fused-ring (bicyclic) bond motifs is 4. The van der Waals surface area contributed by atoms with Gasteiger partial charge in [-0.25, -0.2) is 30.6 Å². The lowest BCUT2D eigenvalue weighted by molar-refractivity contribution is 0.122. The van der Waals surface area contributed by atoms with E-state index in [0.29, 0.717) is 139 Å². The molecule has 5 aromatic heterocycles. The molecule has 39 nitrogen and oxygen atoms in total. The number of morpholine rings is 4. The van der Waals surface area contributed by atoms with Crippen molar-refractivity contribution < 1.29 is 63.5 Å². The Balaban J connectivity index is 0.000000129. The molecule has 4 fully saturated rings. The second kappa shape index (κ2) is 44.3. The Kier molecular flexibility index (Phi) is 30.7. The maximum absolute atomic E-state index is 13.7. The van der Waals surface area contributed by atoms with E-state index in [1.807, 2.05) is 116 Å². The van der Waals surface area contributed by atoms with Crippen molar-refractivity contribution in [1.29, 1.82) is 0 Å². The van der Waals surface area contributed by atoms with Crippen LogP contribution in [0.15, 0.2) is 158 Å². The number of aryl methyl sites for hydroxylation is 1. The standard InChI is InChI=1S/C26H33N7O4S.C25H31N7O4S.C23H24F2N6O2.C23H27N7O2/c1-32(38(3,34)35)22-7-5-4-6-18(22)17-28-25-20-10-11-27-24(20)30-26(31-25)29-21-9-8-19(16-23(21)36-2)33-12-14-37-15-13-33;1-31(37(3,33)34)21-7-5-4-6-19(21)27-24-18-10-11-26-23(18)29-25(30-24)28-20-9-8-17(16-22(20)35-2)32-12-14-36-15-13-32;1-32-20-13-15(31-8-10-33-11-9-31)3-5-19(20)28-23-29-21-16(6-7-26-21)22(30-23)27-14-2-4-17(24)18(25)12-14;1-15-4-3-5-20(25-15)27-22-17-8-9-24-21(17)28-23(29-22)26-18-7-6-16(14-19(18)31-2)30-10-12-32-13-11-30/h4-9,16H,10-15,17H2,1-3H3,(H3,27,28,29,30,31);4-9,16H,10-15H2,1-3H3,(H3,26,27,28,29,30);2-5,12-13H,6-11H2,1H3,(H3,26,27,28,29,30);3-7,14H,8-13H2,1-2H3,(H3,24,25,26,27,28,29). The second-order valence-corrected chi connectivity index (χ2v) is 37.7. The van der Waals surface area contributed by atoms with Gasteiger partial charge in [-0.15, -0.1) is 0 Å². The Labute approximate surface area is 811 Å². The number of anilines is 25. The van der Waals surface area contributed by atoms with E-state index in [-0.39, 0.29) is 0 Å². The molecule has 7 aromatic carbocycles. The lowest BCUT2D eigenvalue weighted by Gasteiger charge is -2.29. The minimum absolute atomic E-state index is 0.352. The van der Waals surface area contributed by atoms with Gasteiger partial charge in [-0.2, -0.15) is 39.9 Å². The Hall–Kier alpha value is -14.8. The van der Waals surface area contributed by atoms with Crippen LogP contribution in [0.3, 0.4) is 0 Å². The average Bonchev–Trinajstić information content (AvgIpc) is 1.59. The van der Waals surface area contributed by atoms with Gasteiger partial charge < -0.3 is 121 Å². The van der Waals surface area contributed by atoms with Gasteiger partial charge in [-0.05, 0) is 129 Å². The third kappa shape index (κ3) is 23.6. The zero-order valence-electron chi connectivity index (χ0n) is 79.4. The van der Waals surface area contributed by atoms with E-state index in [1.54, 1.807) is 53.7 Å². The Morgan fingerprint density at radius 3 is 1.09 bits per heavy atom. The number of nitrogens with one attached hydrogen (secondary N) is 12. The van der Waals surface area contributed by atoms with Crippen LogP contribution in [0.4, 0.5) is 153 Å². The molecule has 0 bridgehead atoms. The van der Waals surface area contributed by atoms with E-state index in [0.717, 1.165) is 238 Å². The van der Waals surface area contributed by atoms with Crippen LogP contribution in [0.1, 0.15) is 33.5 Å². The van der Waals surface area contributed by atoms with Gasteiger partial charge in [0, 0.05) is 186 Å². The SMILES string of the molecule is COc1cc(N2CCOCC2)ccc1Nc1nc2c(c(NCc3ccccc3N(C)S(C)(=O)=O)n1)CCN2.COc1cc(N2CCOCC2)ccc1Nc1nc2c(c(Nc3ccc(F)c(F)c3)n1)CCN2.COc1cc(N2CCOCC2)ccc1Nc1nc2c(c(Nc3cccc(C)n3)n1)CCN2.COc1cc(N2CCOCC2)ccc1Nc1nc2c(c(Nc3ccccc3N(C)S(C)(=O)=O)n1)CCN2. The third-order valence-electron chi connectivity index (χ3n) is 24.5. The van der Waals surface area contributed by atoms with Gasteiger partial charge in [0.1, 0.15) is 75.4 Å². The number of hydrogen-bond acceptors (Lipinski definition) is 37. The predicted octanol–water partition coefficient (Wildman–Crippen LogP) is 13.7. The van der Waals surface area contributed by atoms with Gasteiger partial charge in [-0.1, -0.05) is 36.4 Å². The number of hydrogen-bond donors (Lipinski definition) is 12. The number of para-hydroxylation sites is 3. The topological polar surface area (TPSA) is 422 Å². The van der Waals surface area contributed by atoms with E-state index >= 15 is 0 Å². The van der Waals surface area contributed by atoms with E-state index in [4.69, 9.17) is 52.8 Å². The highest BCUT2D eigenvalue weighted by molar-refractivity contribution is 7.92. The molecule has 8 aliphatic rings.